The van der Waals surface area contributed by atoms with Gasteiger partial charge in [0.2, 0.25) is 0 Å². The van der Waals surface area contributed by atoms with Crippen LogP contribution in [0, 0.1) is 0 Å². The number of benzene rings is 1. The quantitative estimate of drug-likeness (QED) is 0.820. The second kappa shape index (κ2) is 7.07. The van der Waals surface area contributed by atoms with E-state index in [-0.39, 0.29) is 0 Å². The van der Waals surface area contributed by atoms with Crippen molar-refractivity contribution in [3.63, 3.8) is 0 Å². The molecule has 0 radical (unpaired) electrons. The van der Waals surface area contributed by atoms with Crippen molar-refractivity contribution in [3.8, 4) is 0 Å². The Morgan fingerprint density at radius 3 is 2.89 bits per heavy atom. The highest BCUT2D eigenvalue weighted by Crippen LogP contribution is 2.23. The zero-order chi connectivity index (χ0) is 13.7. The lowest BCUT2D eigenvalue weighted by Gasteiger charge is -2.07. The van der Waals surface area contributed by atoms with E-state index in [9.17, 15) is 0 Å². The summed E-state index contributed by atoms with van der Waals surface area (Å²) in [5.74, 6) is 1.74. The van der Waals surface area contributed by atoms with Gasteiger partial charge in [0.15, 0.2) is 5.16 Å². The highest BCUT2D eigenvalue weighted by molar-refractivity contribution is 9.10. The third-order valence-electron chi connectivity index (χ3n) is 2.68. The average molecular weight is 341 g/mol. The third kappa shape index (κ3) is 3.81. The zero-order valence-corrected chi connectivity index (χ0v) is 13.2. The summed E-state index contributed by atoms with van der Waals surface area (Å²) in [6.45, 7) is 3.49. The highest BCUT2D eigenvalue weighted by atomic mass is 79.9. The number of rotatable bonds is 6. The highest BCUT2D eigenvalue weighted by Gasteiger charge is 2.10. The van der Waals surface area contributed by atoms with Crippen molar-refractivity contribution in [1.29, 1.82) is 0 Å². The molecule has 0 aliphatic carbocycles. The summed E-state index contributed by atoms with van der Waals surface area (Å²) in [6, 6.07) is 8.31. The molecule has 2 rings (SSSR count). The van der Waals surface area contributed by atoms with E-state index in [4.69, 9.17) is 5.73 Å². The van der Waals surface area contributed by atoms with E-state index >= 15 is 0 Å². The van der Waals surface area contributed by atoms with Gasteiger partial charge in [0.05, 0.1) is 6.54 Å². The summed E-state index contributed by atoms with van der Waals surface area (Å²) in [4.78, 5) is 0. The van der Waals surface area contributed by atoms with Crippen molar-refractivity contribution in [1.82, 2.24) is 14.8 Å². The predicted molar refractivity (Wildman–Crippen MR) is 81.9 cm³/mol. The van der Waals surface area contributed by atoms with E-state index in [0.29, 0.717) is 6.54 Å². The molecule has 102 valence electrons. The summed E-state index contributed by atoms with van der Waals surface area (Å²) in [5.41, 5.74) is 6.95. The van der Waals surface area contributed by atoms with Crippen molar-refractivity contribution < 1.29 is 0 Å². The molecule has 0 atom stereocenters. The molecular formula is C13H17BrN4S. The first kappa shape index (κ1) is 14.6. The number of hydrogen-bond donors (Lipinski definition) is 1. The minimum absolute atomic E-state index is 0.435. The molecule has 2 aromatic rings. The number of nitrogens with two attached hydrogens (primary N) is 1. The Hall–Kier alpha value is -0.850. The van der Waals surface area contributed by atoms with Crippen molar-refractivity contribution in [2.45, 2.75) is 37.3 Å². The first-order valence-corrected chi connectivity index (χ1v) is 8.01. The fourth-order valence-electron chi connectivity index (χ4n) is 1.80. The van der Waals surface area contributed by atoms with Crippen LogP contribution in [-0.2, 0) is 18.8 Å². The Balaban J connectivity index is 2.08. The van der Waals surface area contributed by atoms with Crippen LogP contribution in [0.25, 0.3) is 0 Å². The Labute approximate surface area is 125 Å². The molecule has 6 heteroatoms. The molecule has 1 aromatic carbocycles. The van der Waals surface area contributed by atoms with Crippen LogP contribution in [0.15, 0.2) is 33.9 Å². The second-order valence-corrected chi connectivity index (χ2v) is 6.03. The minimum atomic E-state index is 0.435. The first-order valence-electron chi connectivity index (χ1n) is 6.24. The number of hydrogen-bond acceptors (Lipinski definition) is 4. The topological polar surface area (TPSA) is 56.7 Å². The molecule has 1 aromatic heterocycles. The Bertz CT molecular complexity index is 541. The van der Waals surface area contributed by atoms with Crippen molar-refractivity contribution in [2.75, 3.05) is 0 Å². The molecule has 0 saturated heterocycles. The third-order valence-corrected chi connectivity index (χ3v) is 4.21. The van der Waals surface area contributed by atoms with E-state index < -0.39 is 0 Å². The Morgan fingerprint density at radius 1 is 1.37 bits per heavy atom. The van der Waals surface area contributed by atoms with Gasteiger partial charge < -0.3 is 10.3 Å². The number of halogens is 1. The molecule has 0 bridgehead atoms. The summed E-state index contributed by atoms with van der Waals surface area (Å²) in [7, 11) is 0. The maximum absolute atomic E-state index is 5.68. The van der Waals surface area contributed by atoms with Crippen molar-refractivity contribution >= 4 is 27.7 Å². The van der Waals surface area contributed by atoms with Gasteiger partial charge in [0.1, 0.15) is 5.82 Å². The molecule has 0 fully saturated rings. The van der Waals surface area contributed by atoms with Gasteiger partial charge in [-0.25, -0.2) is 0 Å². The summed E-state index contributed by atoms with van der Waals surface area (Å²) in [6.07, 6.45) is 1.05. The van der Waals surface area contributed by atoms with Gasteiger partial charge in [0, 0.05) is 16.8 Å². The van der Waals surface area contributed by atoms with Gasteiger partial charge in [-0.05, 0) is 24.1 Å². The Kier molecular flexibility index (Phi) is 5.42. The SMILES string of the molecule is CCCn1c(CN)nnc1SCc1cccc(Br)c1. The van der Waals surface area contributed by atoms with Crippen LogP contribution < -0.4 is 5.73 Å². The smallest absolute Gasteiger partial charge is 0.191 e. The lowest BCUT2D eigenvalue weighted by atomic mass is 10.2. The molecule has 0 saturated carbocycles. The van der Waals surface area contributed by atoms with E-state index in [1.807, 2.05) is 12.1 Å². The molecule has 0 amide bonds. The number of thioether (sulfide) groups is 1. The first-order chi connectivity index (χ1) is 9.24. The van der Waals surface area contributed by atoms with Crippen LogP contribution in [0.1, 0.15) is 24.7 Å². The molecule has 0 spiro atoms. The van der Waals surface area contributed by atoms with Crippen LogP contribution in [0.4, 0.5) is 0 Å². The maximum Gasteiger partial charge on any atom is 0.191 e. The van der Waals surface area contributed by atoms with Crippen molar-refractivity contribution in [2.24, 2.45) is 5.73 Å². The van der Waals surface area contributed by atoms with Crippen LogP contribution in [-0.4, -0.2) is 14.8 Å². The fourth-order valence-corrected chi connectivity index (χ4v) is 3.17. The van der Waals surface area contributed by atoms with Gasteiger partial charge >= 0.3 is 0 Å². The standard InChI is InChI=1S/C13H17BrN4S/c1-2-6-18-12(8-15)16-17-13(18)19-9-10-4-3-5-11(14)7-10/h3-5,7H,2,6,8-9,15H2,1H3. The largest absolute Gasteiger partial charge is 0.324 e. The van der Waals surface area contributed by atoms with Crippen LogP contribution >= 0.6 is 27.7 Å². The lowest BCUT2D eigenvalue weighted by molar-refractivity contribution is 0.592. The van der Waals surface area contributed by atoms with E-state index in [1.165, 1.54) is 5.56 Å². The zero-order valence-electron chi connectivity index (χ0n) is 10.8. The van der Waals surface area contributed by atoms with E-state index in [2.05, 4.69) is 49.8 Å². The van der Waals surface area contributed by atoms with E-state index in [1.54, 1.807) is 11.8 Å². The molecular weight excluding hydrogens is 324 g/mol. The lowest BCUT2D eigenvalue weighted by Crippen LogP contribution is -2.09. The number of nitrogens with zero attached hydrogens (tertiary/aromatic N) is 3. The average Bonchev–Trinajstić information content (AvgIpc) is 2.79. The van der Waals surface area contributed by atoms with E-state index in [0.717, 1.165) is 34.2 Å². The minimum Gasteiger partial charge on any atom is -0.324 e. The van der Waals surface area contributed by atoms with Gasteiger partial charge in [0.25, 0.3) is 0 Å². The maximum atomic E-state index is 5.68. The molecule has 2 N–H and O–H groups in total. The molecule has 1 heterocycles. The fraction of sp³-hybridized carbons (Fsp3) is 0.385. The summed E-state index contributed by atoms with van der Waals surface area (Å²) in [5, 5.41) is 9.31. The van der Waals surface area contributed by atoms with Crippen LogP contribution in [0.3, 0.4) is 0 Å². The summed E-state index contributed by atoms with van der Waals surface area (Å²) >= 11 is 5.18. The monoisotopic (exact) mass is 340 g/mol. The van der Waals surface area contributed by atoms with Gasteiger partial charge in [-0.3, -0.25) is 0 Å². The Morgan fingerprint density at radius 2 is 2.21 bits per heavy atom. The van der Waals surface area contributed by atoms with Crippen molar-refractivity contribution in [3.05, 3.63) is 40.1 Å². The van der Waals surface area contributed by atoms with Crippen LogP contribution in [0.5, 0.6) is 0 Å². The van der Waals surface area contributed by atoms with Gasteiger partial charge in [-0.2, -0.15) is 0 Å². The predicted octanol–water partition coefficient (Wildman–Crippen LogP) is 3.20. The normalized spacial score (nSPS) is 10.9. The van der Waals surface area contributed by atoms with Gasteiger partial charge in [-0.1, -0.05) is 46.7 Å². The van der Waals surface area contributed by atoms with Gasteiger partial charge in [-0.15, -0.1) is 10.2 Å². The second-order valence-electron chi connectivity index (χ2n) is 4.17. The molecule has 0 aliphatic rings. The van der Waals surface area contributed by atoms with Crippen LogP contribution in [0.2, 0.25) is 0 Å². The molecule has 19 heavy (non-hydrogen) atoms. The molecule has 0 aliphatic heterocycles. The molecule has 0 unspecified atom stereocenters. The number of aromatic nitrogens is 3. The summed E-state index contributed by atoms with van der Waals surface area (Å²) < 4.78 is 3.21. The molecule has 4 nitrogen and oxygen atoms in total.